The molecule has 0 saturated heterocycles. The van der Waals surface area contributed by atoms with E-state index in [0.29, 0.717) is 5.92 Å². The number of rotatable bonds is 8. The lowest BCUT2D eigenvalue weighted by atomic mass is 10.0. The summed E-state index contributed by atoms with van der Waals surface area (Å²) in [5, 5.41) is 0. The molecular formula is C15H23N. The van der Waals surface area contributed by atoms with E-state index >= 15 is 0 Å². The highest BCUT2D eigenvalue weighted by Crippen LogP contribution is 2.08. The third-order valence-corrected chi connectivity index (χ3v) is 2.49. The van der Waals surface area contributed by atoms with E-state index < -0.39 is 0 Å². The molecule has 0 heterocycles. The molecule has 0 aliphatic carbocycles. The van der Waals surface area contributed by atoms with Gasteiger partial charge in [-0.1, -0.05) is 43.9 Å². The van der Waals surface area contributed by atoms with Gasteiger partial charge in [0.25, 0.3) is 0 Å². The number of hydrogen-bond donors (Lipinski definition) is 0. The Labute approximate surface area is 100.0 Å². The van der Waals surface area contributed by atoms with Crippen LogP contribution in [0.25, 0.3) is 0 Å². The molecule has 1 unspecified atom stereocenters. The number of aliphatic imine (C=N–C) groups is 1. The average molecular weight is 217 g/mol. The van der Waals surface area contributed by atoms with Crippen LogP contribution < -0.4 is 0 Å². The molecule has 1 nitrogen and oxygen atoms in total. The molecule has 0 bridgehead atoms. The maximum atomic E-state index is 4.40. The highest BCUT2D eigenvalue weighted by molar-refractivity contribution is 5.82. The van der Waals surface area contributed by atoms with Gasteiger partial charge >= 0.3 is 0 Å². The topological polar surface area (TPSA) is 12.4 Å². The summed E-state index contributed by atoms with van der Waals surface area (Å²) in [7, 11) is 0. The lowest BCUT2D eigenvalue weighted by Crippen LogP contribution is -1.96. The number of allylic oxidation sites excluding steroid dienone is 6. The van der Waals surface area contributed by atoms with Gasteiger partial charge in [-0.3, -0.25) is 4.99 Å². The zero-order valence-corrected chi connectivity index (χ0v) is 10.5. The molecule has 88 valence electrons. The van der Waals surface area contributed by atoms with E-state index in [1.165, 1.54) is 0 Å². The van der Waals surface area contributed by atoms with E-state index in [9.17, 15) is 0 Å². The van der Waals surface area contributed by atoms with Gasteiger partial charge in [-0.15, -0.1) is 6.58 Å². The zero-order valence-electron chi connectivity index (χ0n) is 10.5. The molecule has 0 N–H and O–H groups in total. The maximum absolute atomic E-state index is 4.40. The van der Waals surface area contributed by atoms with Crippen LogP contribution in [0.4, 0.5) is 0 Å². The molecule has 0 rings (SSSR count). The van der Waals surface area contributed by atoms with Crippen molar-refractivity contribution in [2.24, 2.45) is 10.9 Å². The van der Waals surface area contributed by atoms with E-state index in [1.54, 1.807) is 6.08 Å². The molecule has 0 aliphatic heterocycles. The van der Waals surface area contributed by atoms with Gasteiger partial charge < -0.3 is 0 Å². The van der Waals surface area contributed by atoms with Crippen LogP contribution >= 0.6 is 0 Å². The van der Waals surface area contributed by atoms with E-state index in [2.05, 4.69) is 25.1 Å². The van der Waals surface area contributed by atoms with Crippen molar-refractivity contribution >= 4 is 6.21 Å². The first-order chi connectivity index (χ1) is 7.78. The van der Waals surface area contributed by atoms with E-state index in [4.69, 9.17) is 0 Å². The highest BCUT2D eigenvalue weighted by atomic mass is 14.7. The smallest absolute Gasteiger partial charge is 0.0395 e. The molecule has 0 radical (unpaired) electrons. The van der Waals surface area contributed by atoms with Gasteiger partial charge in [-0.05, 0) is 31.3 Å². The summed E-state index contributed by atoms with van der Waals surface area (Å²) in [5.74, 6) is 0.593. The Morgan fingerprint density at radius 2 is 2.12 bits per heavy atom. The fourth-order valence-corrected chi connectivity index (χ4v) is 1.29. The number of hydrogen-bond acceptors (Lipinski definition) is 1. The van der Waals surface area contributed by atoms with Crippen molar-refractivity contribution in [3.8, 4) is 0 Å². The third kappa shape index (κ3) is 6.99. The highest BCUT2D eigenvalue weighted by Gasteiger charge is 1.98. The van der Waals surface area contributed by atoms with Crippen LogP contribution in [0.15, 0.2) is 54.1 Å². The van der Waals surface area contributed by atoms with Crippen LogP contribution in [0.1, 0.15) is 26.7 Å². The second-order valence-electron chi connectivity index (χ2n) is 3.61. The molecule has 1 atom stereocenters. The van der Waals surface area contributed by atoms with E-state index in [1.807, 2.05) is 37.4 Å². The van der Waals surface area contributed by atoms with Crippen molar-refractivity contribution in [1.82, 2.24) is 0 Å². The van der Waals surface area contributed by atoms with Crippen molar-refractivity contribution in [2.75, 3.05) is 6.54 Å². The molecule has 0 amide bonds. The quantitative estimate of drug-likeness (QED) is 0.326. The summed E-state index contributed by atoms with van der Waals surface area (Å²) < 4.78 is 0. The van der Waals surface area contributed by atoms with Crippen LogP contribution in [0.2, 0.25) is 0 Å². The van der Waals surface area contributed by atoms with Gasteiger partial charge in [0.2, 0.25) is 0 Å². The minimum atomic E-state index is 0.593. The summed E-state index contributed by atoms with van der Waals surface area (Å²) in [6.07, 6.45) is 13.9. The predicted molar refractivity (Wildman–Crippen MR) is 75.0 cm³/mol. The largest absolute Gasteiger partial charge is 0.293 e. The van der Waals surface area contributed by atoms with Crippen LogP contribution in [0.3, 0.4) is 0 Å². The van der Waals surface area contributed by atoms with Crippen molar-refractivity contribution in [1.29, 1.82) is 0 Å². The first-order valence-electron chi connectivity index (χ1n) is 5.86. The predicted octanol–water partition coefficient (Wildman–Crippen LogP) is 4.35. The Morgan fingerprint density at radius 1 is 1.38 bits per heavy atom. The molecule has 0 spiro atoms. The second kappa shape index (κ2) is 10.2. The molecule has 0 fully saturated rings. The minimum Gasteiger partial charge on any atom is -0.293 e. The maximum Gasteiger partial charge on any atom is 0.0395 e. The Morgan fingerprint density at radius 3 is 2.62 bits per heavy atom. The van der Waals surface area contributed by atoms with Gasteiger partial charge in [0.1, 0.15) is 0 Å². The van der Waals surface area contributed by atoms with Crippen LogP contribution in [0, 0.1) is 5.92 Å². The summed E-state index contributed by atoms with van der Waals surface area (Å²) in [6, 6.07) is 0. The molecule has 0 saturated carbocycles. The first kappa shape index (κ1) is 14.6. The zero-order chi connectivity index (χ0) is 12.2. The standard InChI is InChI=1S/C15H23N/c1-5-9-10-15(8-4)13-16-12-11-14(6-2)7-3/h5-6,8-10,13-14H,1-2,7,11-12H2,3-4H3/b10-9-,15-8+,16-13?. The van der Waals surface area contributed by atoms with Gasteiger partial charge in [0.15, 0.2) is 0 Å². The minimum absolute atomic E-state index is 0.593. The molecule has 0 aromatic rings. The Balaban J connectivity index is 4.03. The number of nitrogens with zero attached hydrogens (tertiary/aromatic N) is 1. The van der Waals surface area contributed by atoms with Gasteiger partial charge in [0.05, 0.1) is 0 Å². The lowest BCUT2D eigenvalue weighted by Gasteiger charge is -2.05. The summed E-state index contributed by atoms with van der Waals surface area (Å²) >= 11 is 0. The molecule has 0 aromatic heterocycles. The summed E-state index contributed by atoms with van der Waals surface area (Å²) in [4.78, 5) is 4.40. The SMILES string of the molecule is C=C/C=C\C(C=NCCC(C=C)CC)=C/C. The van der Waals surface area contributed by atoms with Crippen molar-refractivity contribution in [3.63, 3.8) is 0 Å². The lowest BCUT2D eigenvalue weighted by molar-refractivity contribution is 0.583. The Bertz CT molecular complexity index is 282. The van der Waals surface area contributed by atoms with Gasteiger partial charge in [-0.2, -0.15) is 0 Å². The van der Waals surface area contributed by atoms with Crippen molar-refractivity contribution < 1.29 is 0 Å². The van der Waals surface area contributed by atoms with Gasteiger partial charge in [0, 0.05) is 12.8 Å². The summed E-state index contributed by atoms with van der Waals surface area (Å²) in [6.45, 7) is 12.5. The fourth-order valence-electron chi connectivity index (χ4n) is 1.29. The fraction of sp³-hybridized carbons (Fsp3) is 0.400. The molecule has 16 heavy (non-hydrogen) atoms. The molecular weight excluding hydrogens is 194 g/mol. The van der Waals surface area contributed by atoms with Crippen molar-refractivity contribution in [2.45, 2.75) is 26.7 Å². The average Bonchev–Trinajstić information content (AvgIpc) is 2.33. The molecule has 0 aliphatic rings. The summed E-state index contributed by atoms with van der Waals surface area (Å²) in [5.41, 5.74) is 1.12. The first-order valence-corrected chi connectivity index (χ1v) is 5.86. The van der Waals surface area contributed by atoms with E-state index in [-0.39, 0.29) is 0 Å². The van der Waals surface area contributed by atoms with Gasteiger partial charge in [-0.25, -0.2) is 0 Å². The van der Waals surface area contributed by atoms with Crippen molar-refractivity contribution in [3.05, 3.63) is 49.1 Å². The monoisotopic (exact) mass is 217 g/mol. The molecule has 0 aromatic carbocycles. The Kier molecular flexibility index (Phi) is 9.29. The van der Waals surface area contributed by atoms with Crippen LogP contribution in [0.5, 0.6) is 0 Å². The second-order valence-corrected chi connectivity index (χ2v) is 3.61. The third-order valence-electron chi connectivity index (χ3n) is 2.49. The molecule has 1 heteroatoms. The van der Waals surface area contributed by atoms with Crippen LogP contribution in [-0.2, 0) is 0 Å². The van der Waals surface area contributed by atoms with E-state index in [0.717, 1.165) is 25.0 Å². The normalized spacial score (nSPS) is 14.5. The Hall–Kier alpha value is -1.37. The van der Waals surface area contributed by atoms with Crippen LogP contribution in [-0.4, -0.2) is 12.8 Å².